The van der Waals surface area contributed by atoms with Crippen LogP contribution in [0.5, 0.6) is 5.75 Å². The van der Waals surface area contributed by atoms with Crippen LogP contribution < -0.4 is 15.7 Å². The van der Waals surface area contributed by atoms with Gasteiger partial charge in [-0.2, -0.15) is 0 Å². The summed E-state index contributed by atoms with van der Waals surface area (Å²) in [5, 5.41) is 4.02. The number of hydrogen-bond acceptors (Lipinski definition) is 5. The van der Waals surface area contributed by atoms with Gasteiger partial charge in [0.1, 0.15) is 16.9 Å². The molecule has 168 valence electrons. The summed E-state index contributed by atoms with van der Waals surface area (Å²) in [6.45, 7) is 10.8. The maximum absolute atomic E-state index is 12.7. The Morgan fingerprint density at radius 2 is 1.97 bits per heavy atom. The zero-order valence-electron chi connectivity index (χ0n) is 19.2. The van der Waals surface area contributed by atoms with E-state index < -0.39 is 0 Å². The molecule has 2 aliphatic heterocycles. The summed E-state index contributed by atoms with van der Waals surface area (Å²) in [6.07, 6.45) is 4.10. The first-order chi connectivity index (χ1) is 14.5. The summed E-state index contributed by atoms with van der Waals surface area (Å²) in [4.78, 5) is 25.2. The van der Waals surface area contributed by atoms with Gasteiger partial charge >= 0.3 is 5.63 Å². The molecule has 1 fully saturated rings. The van der Waals surface area contributed by atoms with Crippen molar-refractivity contribution < 1.29 is 18.7 Å². The first-order valence-corrected chi connectivity index (χ1v) is 11.2. The van der Waals surface area contributed by atoms with Crippen molar-refractivity contribution in [3.63, 3.8) is 0 Å². The van der Waals surface area contributed by atoms with Crippen LogP contribution in [0.2, 0.25) is 0 Å². The lowest BCUT2D eigenvalue weighted by Crippen LogP contribution is -2.45. The molecule has 1 saturated heterocycles. The molecule has 31 heavy (non-hydrogen) atoms. The third kappa shape index (κ3) is 4.79. The second kappa shape index (κ2) is 7.97. The fourth-order valence-corrected chi connectivity index (χ4v) is 4.72. The molecule has 3 heterocycles. The lowest BCUT2D eigenvalue weighted by molar-refractivity contribution is -0.124. The monoisotopic (exact) mass is 427 g/mol. The lowest BCUT2D eigenvalue weighted by atomic mass is 9.92. The Balaban J connectivity index is 1.50. The van der Waals surface area contributed by atoms with Crippen molar-refractivity contribution in [1.82, 2.24) is 5.32 Å². The number of amides is 1. The van der Waals surface area contributed by atoms with Gasteiger partial charge in [-0.05, 0) is 83.9 Å². The minimum absolute atomic E-state index is 0.0392. The molecule has 2 aromatic rings. The molecule has 0 bridgehead atoms. The summed E-state index contributed by atoms with van der Waals surface area (Å²) in [7, 11) is 0. The molecule has 1 aromatic heterocycles. The van der Waals surface area contributed by atoms with Gasteiger partial charge in [0.15, 0.2) is 0 Å². The molecule has 0 radical (unpaired) electrons. The number of benzene rings is 1. The molecule has 1 atom stereocenters. The molecule has 0 saturated carbocycles. The lowest BCUT2D eigenvalue weighted by Gasteiger charge is -2.35. The Bertz CT molecular complexity index is 1070. The molecule has 6 heteroatoms. The van der Waals surface area contributed by atoms with Gasteiger partial charge in [0.05, 0.1) is 5.60 Å². The van der Waals surface area contributed by atoms with E-state index in [1.54, 1.807) is 0 Å². The van der Waals surface area contributed by atoms with E-state index in [9.17, 15) is 9.59 Å². The smallest absolute Gasteiger partial charge is 0.339 e. The number of ether oxygens (including phenoxy) is 2. The minimum atomic E-state index is -0.375. The van der Waals surface area contributed by atoms with Crippen molar-refractivity contribution in [3.05, 3.63) is 39.2 Å². The molecular weight excluding hydrogens is 394 g/mol. The van der Waals surface area contributed by atoms with Gasteiger partial charge in [-0.15, -0.1) is 0 Å². The van der Waals surface area contributed by atoms with E-state index in [0.29, 0.717) is 24.2 Å². The first-order valence-electron chi connectivity index (χ1n) is 11.2. The van der Waals surface area contributed by atoms with E-state index in [4.69, 9.17) is 13.9 Å². The Hall–Kier alpha value is -2.34. The van der Waals surface area contributed by atoms with Gasteiger partial charge in [0, 0.05) is 36.1 Å². The van der Waals surface area contributed by atoms with Gasteiger partial charge in [-0.25, -0.2) is 4.79 Å². The first kappa shape index (κ1) is 21.9. The van der Waals surface area contributed by atoms with Crippen molar-refractivity contribution in [2.24, 2.45) is 0 Å². The van der Waals surface area contributed by atoms with Crippen molar-refractivity contribution >= 4 is 16.9 Å². The third-order valence-corrected chi connectivity index (χ3v) is 6.52. The van der Waals surface area contributed by atoms with Crippen LogP contribution in [0.4, 0.5) is 0 Å². The second-order valence-electron chi connectivity index (χ2n) is 10.2. The quantitative estimate of drug-likeness (QED) is 0.740. The van der Waals surface area contributed by atoms with Gasteiger partial charge in [0.25, 0.3) is 0 Å². The molecule has 1 aromatic carbocycles. The zero-order chi connectivity index (χ0) is 22.4. The number of aryl methyl sites for hydroxylation is 2. The van der Waals surface area contributed by atoms with Crippen molar-refractivity contribution in [2.75, 3.05) is 6.61 Å². The number of nitrogens with one attached hydrogen (secondary N) is 1. The van der Waals surface area contributed by atoms with E-state index in [2.05, 4.69) is 25.2 Å². The standard InChI is InChI=1S/C25H33NO5/c1-15-18(6-7-22(27)26-17-9-11-29-25(4,5)14-17)23(28)30-21-13-20-16(12-19(15)21)8-10-24(2,3)31-20/h12-13,17H,6-11,14H2,1-5H3,(H,26,27)/t17-/m0/s1. The number of rotatable bonds is 4. The SMILES string of the molecule is Cc1c(CCC(=O)N[C@H]2CCOC(C)(C)C2)c(=O)oc2cc3c(cc12)CCC(C)(C)O3. The average Bonchev–Trinajstić information content (AvgIpc) is 2.65. The van der Waals surface area contributed by atoms with Crippen molar-refractivity contribution in [3.8, 4) is 5.75 Å². The van der Waals surface area contributed by atoms with E-state index in [0.717, 1.165) is 47.9 Å². The Morgan fingerprint density at radius 3 is 2.71 bits per heavy atom. The predicted octanol–water partition coefficient (Wildman–Crippen LogP) is 4.21. The molecule has 0 spiro atoms. The predicted molar refractivity (Wildman–Crippen MR) is 120 cm³/mol. The van der Waals surface area contributed by atoms with Gasteiger partial charge in [-0.1, -0.05) is 0 Å². The zero-order valence-corrected chi connectivity index (χ0v) is 19.2. The molecule has 1 N–H and O–H groups in total. The maximum Gasteiger partial charge on any atom is 0.339 e. The number of fused-ring (bicyclic) bond motifs is 2. The van der Waals surface area contributed by atoms with Crippen LogP contribution in [0.1, 0.15) is 70.1 Å². The summed E-state index contributed by atoms with van der Waals surface area (Å²) < 4.78 is 17.4. The normalized spacial score (nSPS) is 21.9. The summed E-state index contributed by atoms with van der Waals surface area (Å²) in [5.41, 5.74) is 2.32. The summed E-state index contributed by atoms with van der Waals surface area (Å²) in [5.74, 6) is 0.750. The van der Waals surface area contributed by atoms with E-state index >= 15 is 0 Å². The molecule has 6 nitrogen and oxygen atoms in total. The maximum atomic E-state index is 12.7. The van der Waals surface area contributed by atoms with Crippen molar-refractivity contribution in [1.29, 1.82) is 0 Å². The van der Waals surface area contributed by atoms with Crippen LogP contribution in [0.3, 0.4) is 0 Å². The van der Waals surface area contributed by atoms with Crippen LogP contribution in [0.15, 0.2) is 21.3 Å². The van der Waals surface area contributed by atoms with Crippen LogP contribution >= 0.6 is 0 Å². The highest BCUT2D eigenvalue weighted by atomic mass is 16.5. The summed E-state index contributed by atoms with van der Waals surface area (Å²) >= 11 is 0. The highest BCUT2D eigenvalue weighted by Crippen LogP contribution is 2.36. The second-order valence-corrected chi connectivity index (χ2v) is 10.2. The topological polar surface area (TPSA) is 77.8 Å². The van der Waals surface area contributed by atoms with E-state index in [1.807, 2.05) is 26.8 Å². The molecule has 4 rings (SSSR count). The average molecular weight is 428 g/mol. The molecule has 1 amide bonds. The van der Waals surface area contributed by atoms with Crippen LogP contribution in [-0.2, 0) is 22.4 Å². The van der Waals surface area contributed by atoms with Gasteiger partial charge < -0.3 is 19.2 Å². The largest absolute Gasteiger partial charge is 0.487 e. The van der Waals surface area contributed by atoms with E-state index in [-0.39, 0.29) is 35.2 Å². The van der Waals surface area contributed by atoms with Gasteiger partial charge in [-0.3, -0.25) is 4.79 Å². The minimum Gasteiger partial charge on any atom is -0.487 e. The number of carbonyl (C=O) groups is 1. The molecule has 2 aliphatic rings. The van der Waals surface area contributed by atoms with Gasteiger partial charge in [0.2, 0.25) is 5.91 Å². The molecular formula is C25H33NO5. The Morgan fingerprint density at radius 1 is 1.19 bits per heavy atom. The van der Waals surface area contributed by atoms with E-state index in [1.165, 1.54) is 0 Å². The molecule has 0 unspecified atom stereocenters. The Labute approximate surface area is 183 Å². The van der Waals surface area contributed by atoms with Crippen molar-refractivity contribution in [2.45, 2.75) is 90.4 Å². The number of hydrogen-bond donors (Lipinski definition) is 1. The molecule has 0 aliphatic carbocycles. The fourth-order valence-electron chi connectivity index (χ4n) is 4.72. The summed E-state index contributed by atoms with van der Waals surface area (Å²) in [6, 6.07) is 4.02. The highest BCUT2D eigenvalue weighted by Gasteiger charge is 2.30. The third-order valence-electron chi connectivity index (χ3n) is 6.52. The highest BCUT2D eigenvalue weighted by molar-refractivity contribution is 5.84. The Kier molecular flexibility index (Phi) is 5.63. The number of carbonyl (C=O) groups excluding carboxylic acids is 1. The van der Waals surface area contributed by atoms with Crippen LogP contribution in [0.25, 0.3) is 11.0 Å². The van der Waals surface area contributed by atoms with Crippen LogP contribution in [0, 0.1) is 6.92 Å². The fraction of sp³-hybridized carbons (Fsp3) is 0.600. The van der Waals surface area contributed by atoms with Crippen LogP contribution in [-0.4, -0.2) is 29.8 Å².